The molecule has 0 aliphatic rings. The van der Waals surface area contributed by atoms with Crippen LogP contribution in [0.1, 0.15) is 5.56 Å². The number of nitrogens with one attached hydrogen (secondary N) is 2. The fourth-order valence-electron chi connectivity index (χ4n) is 2.55. The number of rotatable bonds is 7. The van der Waals surface area contributed by atoms with Gasteiger partial charge in [-0.3, -0.25) is 14.8 Å². The van der Waals surface area contributed by atoms with Crippen LogP contribution in [-0.4, -0.2) is 13.3 Å². The first-order chi connectivity index (χ1) is 13.8. The molecule has 0 unspecified atom stereocenters. The SMILES string of the molecule is O=[N+]([O-])c1ccc(S(=O)(=O)Nc2ccccc2CNc2cc(F)ccc2Cl)cc1. The summed E-state index contributed by atoms with van der Waals surface area (Å²) < 4.78 is 41.1. The van der Waals surface area contributed by atoms with Crippen molar-refractivity contribution in [3.05, 3.63) is 93.2 Å². The van der Waals surface area contributed by atoms with E-state index in [0.29, 0.717) is 22.0 Å². The van der Waals surface area contributed by atoms with Gasteiger partial charge in [-0.2, -0.15) is 0 Å². The normalized spacial score (nSPS) is 11.1. The summed E-state index contributed by atoms with van der Waals surface area (Å²) in [5.74, 6) is -0.455. The van der Waals surface area contributed by atoms with Crippen molar-refractivity contribution >= 4 is 38.7 Å². The van der Waals surface area contributed by atoms with Crippen LogP contribution in [0.3, 0.4) is 0 Å². The Morgan fingerprint density at radius 2 is 1.69 bits per heavy atom. The van der Waals surface area contributed by atoms with Gasteiger partial charge in [0.05, 0.1) is 26.2 Å². The lowest BCUT2D eigenvalue weighted by molar-refractivity contribution is -0.384. The fourth-order valence-corrected chi connectivity index (χ4v) is 3.83. The van der Waals surface area contributed by atoms with Crippen LogP contribution in [0.25, 0.3) is 0 Å². The molecule has 0 bridgehead atoms. The van der Waals surface area contributed by atoms with Gasteiger partial charge in [0, 0.05) is 18.7 Å². The van der Waals surface area contributed by atoms with Crippen LogP contribution in [0.15, 0.2) is 71.6 Å². The summed E-state index contributed by atoms with van der Waals surface area (Å²) in [7, 11) is -3.96. The molecule has 150 valence electrons. The zero-order valence-electron chi connectivity index (χ0n) is 14.8. The highest BCUT2D eigenvalue weighted by molar-refractivity contribution is 7.92. The van der Waals surface area contributed by atoms with Gasteiger partial charge in [-0.25, -0.2) is 12.8 Å². The highest BCUT2D eigenvalue weighted by Crippen LogP contribution is 2.26. The van der Waals surface area contributed by atoms with Crippen molar-refractivity contribution in [1.29, 1.82) is 0 Å². The topological polar surface area (TPSA) is 101 Å². The Labute approximate surface area is 171 Å². The molecule has 3 rings (SSSR count). The van der Waals surface area contributed by atoms with E-state index in [2.05, 4.69) is 10.0 Å². The van der Waals surface area contributed by atoms with Crippen molar-refractivity contribution in [1.82, 2.24) is 0 Å². The van der Waals surface area contributed by atoms with E-state index in [9.17, 15) is 22.9 Å². The first-order valence-corrected chi connectivity index (χ1v) is 10.2. The third-order valence-corrected chi connectivity index (χ3v) is 5.73. The Bertz CT molecular complexity index is 1150. The molecule has 0 fully saturated rings. The molecule has 0 aliphatic heterocycles. The van der Waals surface area contributed by atoms with E-state index in [0.717, 1.165) is 24.3 Å². The van der Waals surface area contributed by atoms with E-state index in [4.69, 9.17) is 11.6 Å². The van der Waals surface area contributed by atoms with Crippen LogP contribution in [0.4, 0.5) is 21.5 Å². The average Bonchev–Trinajstić information content (AvgIpc) is 2.69. The van der Waals surface area contributed by atoms with E-state index < -0.39 is 20.8 Å². The molecular weight excluding hydrogens is 421 g/mol. The predicted molar refractivity (Wildman–Crippen MR) is 109 cm³/mol. The Hall–Kier alpha value is -3.17. The second kappa shape index (κ2) is 8.46. The monoisotopic (exact) mass is 435 g/mol. The lowest BCUT2D eigenvalue weighted by atomic mass is 10.2. The van der Waals surface area contributed by atoms with Crippen LogP contribution in [0, 0.1) is 15.9 Å². The van der Waals surface area contributed by atoms with Crippen LogP contribution in [-0.2, 0) is 16.6 Å². The number of nitro benzene ring substituents is 1. The zero-order chi connectivity index (χ0) is 21.0. The zero-order valence-corrected chi connectivity index (χ0v) is 16.4. The summed E-state index contributed by atoms with van der Waals surface area (Å²) >= 11 is 6.04. The van der Waals surface area contributed by atoms with E-state index in [1.54, 1.807) is 24.3 Å². The van der Waals surface area contributed by atoms with E-state index >= 15 is 0 Å². The first-order valence-electron chi connectivity index (χ1n) is 8.30. The third-order valence-electron chi connectivity index (χ3n) is 4.02. The second-order valence-electron chi connectivity index (χ2n) is 5.99. The Morgan fingerprint density at radius 1 is 1.00 bits per heavy atom. The number of nitrogens with zero attached hydrogens (tertiary/aromatic N) is 1. The quantitative estimate of drug-likeness (QED) is 0.410. The number of halogens is 2. The van der Waals surface area contributed by atoms with Crippen molar-refractivity contribution in [2.45, 2.75) is 11.4 Å². The van der Waals surface area contributed by atoms with E-state index in [1.165, 1.54) is 18.2 Å². The fraction of sp³-hybridized carbons (Fsp3) is 0.0526. The van der Waals surface area contributed by atoms with Gasteiger partial charge in [0.25, 0.3) is 15.7 Å². The van der Waals surface area contributed by atoms with Gasteiger partial charge in [-0.05, 0) is 42.0 Å². The largest absolute Gasteiger partial charge is 0.380 e. The Balaban J connectivity index is 1.81. The minimum atomic E-state index is -3.96. The summed E-state index contributed by atoms with van der Waals surface area (Å²) in [6, 6.07) is 15.1. The number of benzene rings is 3. The number of nitro groups is 1. The van der Waals surface area contributed by atoms with Crippen molar-refractivity contribution in [2.24, 2.45) is 0 Å². The minimum absolute atomic E-state index is 0.112. The summed E-state index contributed by atoms with van der Waals surface area (Å²) in [6.45, 7) is 0.183. The van der Waals surface area contributed by atoms with Gasteiger partial charge < -0.3 is 5.32 Å². The van der Waals surface area contributed by atoms with Crippen LogP contribution < -0.4 is 10.0 Å². The van der Waals surface area contributed by atoms with Crippen molar-refractivity contribution in [3.63, 3.8) is 0 Å². The number of para-hydroxylation sites is 1. The smallest absolute Gasteiger partial charge is 0.269 e. The minimum Gasteiger partial charge on any atom is -0.380 e. The number of anilines is 2. The molecule has 0 saturated heterocycles. The lowest BCUT2D eigenvalue weighted by Gasteiger charge is -2.14. The van der Waals surface area contributed by atoms with Gasteiger partial charge in [0.2, 0.25) is 0 Å². The second-order valence-corrected chi connectivity index (χ2v) is 8.08. The summed E-state index contributed by atoms with van der Waals surface area (Å²) in [4.78, 5) is 10.0. The molecule has 10 heteroatoms. The average molecular weight is 436 g/mol. The first kappa shape index (κ1) is 20.6. The van der Waals surface area contributed by atoms with Gasteiger partial charge in [-0.15, -0.1) is 0 Å². The molecule has 0 amide bonds. The Morgan fingerprint density at radius 3 is 2.38 bits per heavy atom. The number of non-ortho nitro benzene ring substituents is 1. The van der Waals surface area contributed by atoms with E-state index in [-0.39, 0.29) is 17.1 Å². The van der Waals surface area contributed by atoms with Crippen molar-refractivity contribution in [2.75, 3.05) is 10.0 Å². The molecule has 3 aromatic carbocycles. The summed E-state index contributed by atoms with van der Waals surface area (Å²) in [5.41, 5.74) is 1.07. The van der Waals surface area contributed by atoms with Gasteiger partial charge in [0.1, 0.15) is 5.82 Å². The lowest BCUT2D eigenvalue weighted by Crippen LogP contribution is -2.15. The molecule has 0 atom stereocenters. The molecule has 29 heavy (non-hydrogen) atoms. The molecule has 0 spiro atoms. The van der Waals surface area contributed by atoms with E-state index in [1.807, 2.05) is 0 Å². The number of hydrogen-bond acceptors (Lipinski definition) is 5. The maximum absolute atomic E-state index is 13.4. The predicted octanol–water partition coefficient (Wildman–Crippen LogP) is 4.80. The molecule has 0 saturated carbocycles. The third kappa shape index (κ3) is 5.01. The molecule has 7 nitrogen and oxygen atoms in total. The van der Waals surface area contributed by atoms with Crippen LogP contribution in [0.5, 0.6) is 0 Å². The van der Waals surface area contributed by atoms with Crippen molar-refractivity contribution in [3.8, 4) is 0 Å². The molecule has 2 N–H and O–H groups in total. The van der Waals surface area contributed by atoms with Crippen LogP contribution in [0.2, 0.25) is 5.02 Å². The number of hydrogen-bond donors (Lipinski definition) is 2. The standard InChI is InChI=1S/C19H15ClFN3O4S/c20-17-10-5-14(21)11-19(17)22-12-13-3-1-2-4-18(13)23-29(27,28)16-8-6-15(7-9-16)24(25)26/h1-11,22-23H,12H2. The maximum atomic E-state index is 13.4. The molecule has 0 aromatic heterocycles. The highest BCUT2D eigenvalue weighted by atomic mass is 35.5. The highest BCUT2D eigenvalue weighted by Gasteiger charge is 2.17. The summed E-state index contributed by atoms with van der Waals surface area (Å²) in [5, 5.41) is 14.0. The van der Waals surface area contributed by atoms with Gasteiger partial charge in [-0.1, -0.05) is 29.8 Å². The van der Waals surface area contributed by atoms with Gasteiger partial charge >= 0.3 is 0 Å². The maximum Gasteiger partial charge on any atom is 0.269 e. The van der Waals surface area contributed by atoms with Crippen LogP contribution >= 0.6 is 11.6 Å². The summed E-state index contributed by atoms with van der Waals surface area (Å²) in [6.07, 6.45) is 0. The van der Waals surface area contributed by atoms with Gasteiger partial charge in [0.15, 0.2) is 0 Å². The molecule has 0 radical (unpaired) electrons. The molecule has 3 aromatic rings. The number of sulfonamides is 1. The Kier molecular flexibility index (Phi) is 6.00. The molecular formula is C19H15ClFN3O4S. The molecule has 0 aliphatic carbocycles. The molecule has 0 heterocycles. The van der Waals surface area contributed by atoms with Crippen molar-refractivity contribution < 1.29 is 17.7 Å².